The van der Waals surface area contributed by atoms with Crippen LogP contribution in [-0.4, -0.2) is 19.5 Å². The third-order valence-electron chi connectivity index (χ3n) is 3.70. The SMILES string of the molecule is CN1C(=O)CNC(c2ccc(Cl)cc2)c2cc(F)ccc21. The molecule has 108 valence electrons. The molecule has 0 aromatic heterocycles. The predicted octanol–water partition coefficient (Wildman–Crippen LogP) is 3.13. The maximum absolute atomic E-state index is 13.7. The molecule has 2 aromatic rings. The van der Waals surface area contributed by atoms with Crippen molar-refractivity contribution in [1.82, 2.24) is 5.32 Å². The van der Waals surface area contributed by atoms with Crippen LogP contribution in [0, 0.1) is 5.82 Å². The first-order chi connectivity index (χ1) is 10.1. The van der Waals surface area contributed by atoms with Crippen molar-refractivity contribution in [3.63, 3.8) is 0 Å². The number of carbonyl (C=O) groups is 1. The highest BCUT2D eigenvalue weighted by Crippen LogP contribution is 2.33. The molecule has 21 heavy (non-hydrogen) atoms. The van der Waals surface area contributed by atoms with Gasteiger partial charge in [-0.2, -0.15) is 0 Å². The van der Waals surface area contributed by atoms with Crippen molar-refractivity contribution in [3.05, 3.63) is 64.4 Å². The molecule has 0 saturated heterocycles. The largest absolute Gasteiger partial charge is 0.314 e. The summed E-state index contributed by atoms with van der Waals surface area (Å²) in [5, 5.41) is 3.82. The van der Waals surface area contributed by atoms with Crippen LogP contribution in [0.3, 0.4) is 0 Å². The lowest BCUT2D eigenvalue weighted by Gasteiger charge is -2.20. The molecule has 3 nitrogen and oxygen atoms in total. The van der Waals surface area contributed by atoms with E-state index in [1.165, 1.54) is 12.1 Å². The van der Waals surface area contributed by atoms with Gasteiger partial charge in [0.25, 0.3) is 0 Å². The molecule has 0 bridgehead atoms. The molecule has 0 fully saturated rings. The van der Waals surface area contributed by atoms with Crippen LogP contribution in [0.2, 0.25) is 5.02 Å². The molecule has 0 saturated carbocycles. The summed E-state index contributed by atoms with van der Waals surface area (Å²) in [6, 6.07) is 11.6. The van der Waals surface area contributed by atoms with Crippen molar-refractivity contribution < 1.29 is 9.18 Å². The number of halogens is 2. The fourth-order valence-electron chi connectivity index (χ4n) is 2.57. The second-order valence-electron chi connectivity index (χ2n) is 5.02. The molecule has 1 aliphatic rings. The summed E-state index contributed by atoms with van der Waals surface area (Å²) in [6.45, 7) is 0.195. The number of hydrogen-bond donors (Lipinski definition) is 1. The highest BCUT2D eigenvalue weighted by Gasteiger charge is 2.26. The van der Waals surface area contributed by atoms with Crippen LogP contribution in [0.15, 0.2) is 42.5 Å². The van der Waals surface area contributed by atoms with Crippen LogP contribution in [0.1, 0.15) is 17.2 Å². The van der Waals surface area contributed by atoms with E-state index in [9.17, 15) is 9.18 Å². The van der Waals surface area contributed by atoms with Crippen molar-refractivity contribution >= 4 is 23.2 Å². The zero-order valence-corrected chi connectivity index (χ0v) is 12.2. The van der Waals surface area contributed by atoms with E-state index < -0.39 is 0 Å². The molecule has 1 atom stereocenters. The van der Waals surface area contributed by atoms with Gasteiger partial charge in [-0.25, -0.2) is 4.39 Å². The van der Waals surface area contributed by atoms with E-state index in [4.69, 9.17) is 11.6 Å². The average molecular weight is 305 g/mol. The molecule has 1 amide bonds. The number of likely N-dealkylation sites (N-methyl/N-ethyl adjacent to an activating group) is 1. The van der Waals surface area contributed by atoms with Gasteiger partial charge in [-0.3, -0.25) is 10.1 Å². The monoisotopic (exact) mass is 304 g/mol. The first-order valence-electron chi connectivity index (χ1n) is 6.61. The average Bonchev–Trinajstić information content (AvgIpc) is 2.59. The number of rotatable bonds is 1. The van der Waals surface area contributed by atoms with Gasteiger partial charge in [0.05, 0.1) is 12.6 Å². The Hall–Kier alpha value is -1.91. The molecule has 1 N–H and O–H groups in total. The van der Waals surface area contributed by atoms with Crippen LogP contribution >= 0.6 is 11.6 Å². The number of carbonyl (C=O) groups excluding carboxylic acids is 1. The van der Waals surface area contributed by atoms with Crippen molar-refractivity contribution in [2.45, 2.75) is 6.04 Å². The molecule has 2 aromatic carbocycles. The first kappa shape index (κ1) is 14.0. The lowest BCUT2D eigenvalue weighted by molar-refractivity contribution is -0.117. The van der Waals surface area contributed by atoms with Crippen LogP contribution in [-0.2, 0) is 4.79 Å². The maximum Gasteiger partial charge on any atom is 0.240 e. The van der Waals surface area contributed by atoms with Gasteiger partial charge in [0.15, 0.2) is 0 Å². The summed E-state index contributed by atoms with van der Waals surface area (Å²) >= 11 is 5.91. The molecule has 0 spiro atoms. The summed E-state index contributed by atoms with van der Waals surface area (Å²) in [5.41, 5.74) is 2.39. The Morgan fingerprint density at radius 2 is 1.95 bits per heavy atom. The quantitative estimate of drug-likeness (QED) is 0.878. The standard InChI is InChI=1S/C16H14ClFN2O/c1-20-14-7-6-12(18)8-13(14)16(19-9-15(20)21)10-2-4-11(17)5-3-10/h2-8,16,19H,9H2,1H3. The Labute approximate surface area is 127 Å². The van der Waals surface area contributed by atoms with Gasteiger partial charge in [-0.15, -0.1) is 0 Å². The number of anilines is 1. The summed E-state index contributed by atoms with van der Waals surface area (Å²) < 4.78 is 13.7. The van der Waals surface area contributed by atoms with Gasteiger partial charge in [0.2, 0.25) is 5.91 Å². The van der Waals surface area contributed by atoms with Gasteiger partial charge in [-0.1, -0.05) is 23.7 Å². The fourth-order valence-corrected chi connectivity index (χ4v) is 2.69. The number of nitrogens with zero attached hydrogens (tertiary/aromatic N) is 1. The minimum Gasteiger partial charge on any atom is -0.314 e. The van der Waals surface area contributed by atoms with E-state index in [-0.39, 0.29) is 24.3 Å². The molecule has 0 radical (unpaired) electrons. The summed E-state index contributed by atoms with van der Waals surface area (Å²) in [7, 11) is 1.70. The number of fused-ring (bicyclic) bond motifs is 1. The Kier molecular flexibility index (Phi) is 3.66. The highest BCUT2D eigenvalue weighted by molar-refractivity contribution is 6.30. The maximum atomic E-state index is 13.7. The van der Waals surface area contributed by atoms with Crippen LogP contribution in [0.4, 0.5) is 10.1 Å². The second kappa shape index (κ2) is 5.47. The van der Waals surface area contributed by atoms with Crippen molar-refractivity contribution in [2.24, 2.45) is 0 Å². The minimum absolute atomic E-state index is 0.0562. The summed E-state index contributed by atoms with van der Waals surface area (Å²) in [4.78, 5) is 13.6. The lowest BCUT2D eigenvalue weighted by atomic mass is 9.97. The third kappa shape index (κ3) is 2.64. The van der Waals surface area contributed by atoms with Crippen molar-refractivity contribution in [1.29, 1.82) is 0 Å². The Bertz CT molecular complexity index is 687. The number of benzene rings is 2. The van der Waals surface area contributed by atoms with Gasteiger partial charge >= 0.3 is 0 Å². The summed E-state index contributed by atoms with van der Waals surface area (Å²) in [6.07, 6.45) is 0. The minimum atomic E-state index is -0.322. The predicted molar refractivity (Wildman–Crippen MR) is 81.1 cm³/mol. The van der Waals surface area contributed by atoms with E-state index in [1.807, 2.05) is 12.1 Å². The van der Waals surface area contributed by atoms with E-state index in [1.54, 1.807) is 30.1 Å². The molecule has 1 aliphatic heterocycles. The van der Waals surface area contributed by atoms with Crippen LogP contribution in [0.25, 0.3) is 0 Å². The molecule has 5 heteroatoms. The number of hydrogen-bond acceptors (Lipinski definition) is 2. The summed E-state index contributed by atoms with van der Waals surface area (Å²) in [5.74, 6) is -0.378. The molecule has 3 rings (SSSR count). The Morgan fingerprint density at radius 1 is 1.24 bits per heavy atom. The van der Waals surface area contributed by atoms with E-state index in [2.05, 4.69) is 5.32 Å². The van der Waals surface area contributed by atoms with E-state index in [0.717, 1.165) is 11.1 Å². The molecular formula is C16H14ClFN2O. The Morgan fingerprint density at radius 3 is 2.67 bits per heavy atom. The second-order valence-corrected chi connectivity index (χ2v) is 5.46. The van der Waals surface area contributed by atoms with Gasteiger partial charge < -0.3 is 4.90 Å². The Balaban J connectivity index is 2.13. The smallest absolute Gasteiger partial charge is 0.240 e. The van der Waals surface area contributed by atoms with Crippen molar-refractivity contribution in [3.8, 4) is 0 Å². The molecule has 1 unspecified atom stereocenters. The topological polar surface area (TPSA) is 32.3 Å². The van der Waals surface area contributed by atoms with Gasteiger partial charge in [0.1, 0.15) is 5.82 Å². The number of nitrogens with one attached hydrogen (secondary N) is 1. The van der Waals surface area contributed by atoms with E-state index >= 15 is 0 Å². The van der Waals surface area contributed by atoms with E-state index in [0.29, 0.717) is 10.7 Å². The van der Waals surface area contributed by atoms with Gasteiger partial charge in [-0.05, 0) is 35.9 Å². The van der Waals surface area contributed by atoms with Crippen LogP contribution in [0.5, 0.6) is 0 Å². The zero-order valence-electron chi connectivity index (χ0n) is 11.4. The fraction of sp³-hybridized carbons (Fsp3) is 0.188. The zero-order chi connectivity index (χ0) is 15.0. The molecule has 1 heterocycles. The third-order valence-corrected chi connectivity index (χ3v) is 3.95. The van der Waals surface area contributed by atoms with Crippen molar-refractivity contribution in [2.75, 3.05) is 18.5 Å². The molecular weight excluding hydrogens is 291 g/mol. The first-order valence-corrected chi connectivity index (χ1v) is 6.99. The highest BCUT2D eigenvalue weighted by atomic mass is 35.5. The van der Waals surface area contributed by atoms with Gasteiger partial charge in [0, 0.05) is 23.3 Å². The lowest BCUT2D eigenvalue weighted by Crippen LogP contribution is -2.33. The van der Waals surface area contributed by atoms with Crippen LogP contribution < -0.4 is 10.2 Å². The normalized spacial score (nSPS) is 18.3. The number of amides is 1. The molecule has 0 aliphatic carbocycles.